The van der Waals surface area contributed by atoms with Crippen LogP contribution in [0.4, 0.5) is 11.5 Å². The molecular formula is C20H26N4OS2. The van der Waals surface area contributed by atoms with Crippen LogP contribution in [0.3, 0.4) is 0 Å². The number of nitrogens with one attached hydrogen (secondary N) is 1. The third-order valence-electron chi connectivity index (χ3n) is 4.53. The number of aromatic nitrogens is 2. The molecule has 1 aromatic heterocycles. The van der Waals surface area contributed by atoms with Gasteiger partial charge in [0.2, 0.25) is 5.91 Å². The lowest BCUT2D eigenvalue weighted by atomic mass is 9.92. The van der Waals surface area contributed by atoms with Crippen LogP contribution in [0.15, 0.2) is 46.6 Å². The lowest BCUT2D eigenvalue weighted by Gasteiger charge is -2.35. The van der Waals surface area contributed by atoms with Crippen molar-refractivity contribution in [3.05, 3.63) is 36.7 Å². The van der Waals surface area contributed by atoms with Crippen LogP contribution in [0.5, 0.6) is 0 Å². The first-order chi connectivity index (χ1) is 13.0. The highest BCUT2D eigenvalue weighted by Crippen LogP contribution is 2.27. The highest BCUT2D eigenvalue weighted by molar-refractivity contribution is 8.00. The molecule has 0 bridgehead atoms. The lowest BCUT2D eigenvalue weighted by molar-refractivity contribution is -0.113. The van der Waals surface area contributed by atoms with Crippen LogP contribution >= 0.6 is 23.5 Å². The number of nitrogens with zero attached hydrogens (tertiary/aromatic N) is 3. The molecule has 1 amide bonds. The molecule has 2 atom stereocenters. The Hall–Kier alpha value is -1.73. The fraction of sp³-hybridized carbons (Fsp3) is 0.450. The molecule has 2 heterocycles. The second kappa shape index (κ2) is 9.46. The molecule has 27 heavy (non-hydrogen) atoms. The molecule has 0 radical (unpaired) electrons. The summed E-state index contributed by atoms with van der Waals surface area (Å²) in [5.41, 5.74) is 0.826. The standard InChI is InChI=1S/C20H26N4OS2/c1-14-7-15(2)11-24(10-14)18-9-20(22-13-21-18)27-12-19(25)23-16-5-4-6-17(8-16)26-3/h4-6,8-9,13-15H,7,10-12H2,1-3H3,(H,23,25)/t14-,15+. The molecule has 1 saturated heterocycles. The number of hydrogen-bond donors (Lipinski definition) is 1. The van der Waals surface area contributed by atoms with E-state index in [1.54, 1.807) is 18.1 Å². The summed E-state index contributed by atoms with van der Waals surface area (Å²) < 4.78 is 0. The van der Waals surface area contributed by atoms with E-state index in [1.165, 1.54) is 18.2 Å². The van der Waals surface area contributed by atoms with Crippen molar-refractivity contribution in [3.8, 4) is 0 Å². The highest BCUT2D eigenvalue weighted by Gasteiger charge is 2.23. The first kappa shape index (κ1) is 20.0. The van der Waals surface area contributed by atoms with Crippen molar-refractivity contribution in [2.24, 2.45) is 11.8 Å². The molecule has 1 aromatic carbocycles. The van der Waals surface area contributed by atoms with Gasteiger partial charge in [0.25, 0.3) is 0 Å². The Morgan fingerprint density at radius 1 is 1.22 bits per heavy atom. The lowest BCUT2D eigenvalue weighted by Crippen LogP contribution is -2.39. The van der Waals surface area contributed by atoms with E-state index in [-0.39, 0.29) is 5.91 Å². The minimum atomic E-state index is -0.0290. The van der Waals surface area contributed by atoms with Crippen molar-refractivity contribution in [1.29, 1.82) is 0 Å². The molecule has 1 N–H and O–H groups in total. The summed E-state index contributed by atoms with van der Waals surface area (Å²) in [6, 6.07) is 9.86. The van der Waals surface area contributed by atoms with Crippen LogP contribution < -0.4 is 10.2 Å². The minimum Gasteiger partial charge on any atom is -0.356 e. The van der Waals surface area contributed by atoms with Gasteiger partial charge in [-0.3, -0.25) is 4.79 Å². The summed E-state index contributed by atoms with van der Waals surface area (Å²) in [4.78, 5) is 24.5. The number of hydrogen-bond acceptors (Lipinski definition) is 6. The predicted molar refractivity (Wildman–Crippen MR) is 115 cm³/mol. The largest absolute Gasteiger partial charge is 0.356 e. The maximum Gasteiger partial charge on any atom is 0.234 e. The van der Waals surface area contributed by atoms with Gasteiger partial charge in [0.15, 0.2) is 0 Å². The van der Waals surface area contributed by atoms with Gasteiger partial charge in [-0.1, -0.05) is 31.7 Å². The Morgan fingerprint density at radius 3 is 2.74 bits per heavy atom. The summed E-state index contributed by atoms with van der Waals surface area (Å²) in [5.74, 6) is 2.59. The third kappa shape index (κ3) is 5.87. The zero-order valence-electron chi connectivity index (χ0n) is 16.0. The molecule has 5 nitrogen and oxygen atoms in total. The molecular weight excluding hydrogens is 376 g/mol. The molecule has 3 rings (SSSR count). The van der Waals surface area contributed by atoms with Gasteiger partial charge >= 0.3 is 0 Å². The Balaban J connectivity index is 1.57. The van der Waals surface area contributed by atoms with Gasteiger partial charge in [0.05, 0.1) is 5.75 Å². The van der Waals surface area contributed by atoms with E-state index in [1.807, 2.05) is 36.6 Å². The van der Waals surface area contributed by atoms with Crippen LogP contribution in [0.25, 0.3) is 0 Å². The van der Waals surface area contributed by atoms with Gasteiger partial charge in [-0.05, 0) is 42.7 Å². The van der Waals surface area contributed by atoms with Crippen molar-refractivity contribution in [3.63, 3.8) is 0 Å². The first-order valence-electron chi connectivity index (χ1n) is 9.17. The average Bonchev–Trinajstić information content (AvgIpc) is 2.66. The van der Waals surface area contributed by atoms with Crippen molar-refractivity contribution in [2.45, 2.75) is 30.2 Å². The molecule has 7 heteroatoms. The van der Waals surface area contributed by atoms with Crippen LogP contribution in [-0.4, -0.2) is 41.0 Å². The molecule has 0 aliphatic carbocycles. The number of rotatable bonds is 6. The van der Waals surface area contributed by atoms with Crippen LogP contribution in [0.2, 0.25) is 0 Å². The van der Waals surface area contributed by atoms with Gasteiger partial charge < -0.3 is 10.2 Å². The summed E-state index contributed by atoms with van der Waals surface area (Å²) >= 11 is 3.10. The summed E-state index contributed by atoms with van der Waals surface area (Å²) in [6.45, 7) is 6.63. The maximum atomic E-state index is 12.3. The van der Waals surface area contributed by atoms with Gasteiger partial charge in [-0.2, -0.15) is 0 Å². The maximum absolute atomic E-state index is 12.3. The van der Waals surface area contributed by atoms with E-state index in [9.17, 15) is 4.79 Å². The highest BCUT2D eigenvalue weighted by atomic mass is 32.2. The molecule has 0 saturated carbocycles. The Morgan fingerprint density at radius 2 is 2.00 bits per heavy atom. The first-order valence-corrected chi connectivity index (χ1v) is 11.4. The van der Waals surface area contributed by atoms with Crippen molar-refractivity contribution < 1.29 is 4.79 Å². The molecule has 2 aromatic rings. The minimum absolute atomic E-state index is 0.0290. The zero-order chi connectivity index (χ0) is 19.2. The van der Waals surface area contributed by atoms with E-state index in [4.69, 9.17) is 0 Å². The Kier molecular flexibility index (Phi) is 7.01. The molecule has 0 unspecified atom stereocenters. The monoisotopic (exact) mass is 402 g/mol. The van der Waals surface area contributed by atoms with Crippen LogP contribution in [0.1, 0.15) is 20.3 Å². The van der Waals surface area contributed by atoms with E-state index in [0.29, 0.717) is 17.6 Å². The second-order valence-electron chi connectivity index (χ2n) is 7.13. The number of anilines is 2. The molecule has 0 spiro atoms. The van der Waals surface area contributed by atoms with Gasteiger partial charge in [-0.25, -0.2) is 9.97 Å². The number of carbonyl (C=O) groups excluding carboxylic acids is 1. The SMILES string of the molecule is CSc1cccc(NC(=O)CSc2cc(N3C[C@H](C)C[C@H](C)C3)ncn2)c1. The fourth-order valence-corrected chi connectivity index (χ4v) is 4.59. The molecule has 144 valence electrons. The van der Waals surface area contributed by atoms with Crippen LogP contribution in [-0.2, 0) is 4.79 Å². The number of thioether (sulfide) groups is 2. The third-order valence-corrected chi connectivity index (χ3v) is 6.18. The van der Waals surface area contributed by atoms with Crippen molar-refractivity contribution >= 4 is 40.9 Å². The second-order valence-corrected chi connectivity index (χ2v) is 9.01. The topological polar surface area (TPSA) is 58.1 Å². The molecule has 1 aliphatic rings. The van der Waals surface area contributed by atoms with Gasteiger partial charge in [-0.15, -0.1) is 11.8 Å². The van der Waals surface area contributed by atoms with Crippen molar-refractivity contribution in [1.82, 2.24) is 9.97 Å². The van der Waals surface area contributed by atoms with Gasteiger partial charge in [0, 0.05) is 29.7 Å². The summed E-state index contributed by atoms with van der Waals surface area (Å²) in [5, 5.41) is 3.78. The van der Waals surface area contributed by atoms with E-state index in [2.05, 4.69) is 34.0 Å². The van der Waals surface area contributed by atoms with Gasteiger partial charge in [0.1, 0.15) is 17.2 Å². The van der Waals surface area contributed by atoms with Crippen molar-refractivity contribution in [2.75, 3.05) is 35.3 Å². The number of carbonyl (C=O) groups is 1. The zero-order valence-corrected chi connectivity index (χ0v) is 17.6. The average molecular weight is 403 g/mol. The normalized spacial score (nSPS) is 19.7. The summed E-state index contributed by atoms with van der Waals surface area (Å²) in [6.07, 6.45) is 4.88. The molecule has 1 fully saturated rings. The van der Waals surface area contributed by atoms with E-state index < -0.39 is 0 Å². The Bertz CT molecular complexity index is 776. The predicted octanol–water partition coefficient (Wildman–Crippen LogP) is 4.41. The van der Waals surface area contributed by atoms with Crippen LogP contribution in [0, 0.1) is 11.8 Å². The fourth-order valence-electron chi connectivity index (χ4n) is 3.47. The van der Waals surface area contributed by atoms with E-state index in [0.717, 1.165) is 34.5 Å². The Labute approximate surface area is 169 Å². The summed E-state index contributed by atoms with van der Waals surface area (Å²) in [7, 11) is 0. The quantitative estimate of drug-likeness (QED) is 0.570. The number of benzene rings is 1. The van der Waals surface area contributed by atoms with E-state index >= 15 is 0 Å². The number of amides is 1. The number of piperidine rings is 1. The molecule has 1 aliphatic heterocycles. The smallest absolute Gasteiger partial charge is 0.234 e.